The van der Waals surface area contributed by atoms with Crippen LogP contribution in [0, 0.1) is 6.92 Å². The van der Waals surface area contributed by atoms with Crippen LogP contribution in [0.3, 0.4) is 0 Å². The van der Waals surface area contributed by atoms with Crippen LogP contribution in [0.25, 0.3) is 21.8 Å². The molecule has 1 aliphatic heterocycles. The Bertz CT molecular complexity index is 860. The first kappa shape index (κ1) is 13.3. The highest BCUT2D eigenvalue weighted by Gasteiger charge is 2.20. The average Bonchev–Trinajstić information content (AvgIpc) is 2.94. The molecule has 3 aromatic rings. The van der Waals surface area contributed by atoms with Crippen LogP contribution < -0.4 is 0 Å². The molecule has 0 aliphatic carbocycles. The van der Waals surface area contributed by atoms with Crippen molar-refractivity contribution < 1.29 is 9.53 Å². The molecule has 112 valence electrons. The highest BCUT2D eigenvalue weighted by Crippen LogP contribution is 2.29. The Morgan fingerprint density at radius 2 is 1.91 bits per heavy atom. The third-order valence-electron chi connectivity index (χ3n) is 4.36. The van der Waals surface area contributed by atoms with E-state index in [-0.39, 0.29) is 5.91 Å². The van der Waals surface area contributed by atoms with Gasteiger partial charge >= 0.3 is 0 Å². The monoisotopic (exact) mass is 294 g/mol. The molecule has 22 heavy (non-hydrogen) atoms. The molecule has 1 aromatic heterocycles. The van der Waals surface area contributed by atoms with Crippen molar-refractivity contribution >= 4 is 27.7 Å². The number of aromatic nitrogens is 1. The number of carbonyl (C=O) groups is 1. The zero-order chi connectivity index (χ0) is 15.1. The lowest BCUT2D eigenvalue weighted by Gasteiger charge is -2.27. The first-order chi connectivity index (χ1) is 10.7. The first-order valence-electron chi connectivity index (χ1n) is 7.62. The molecule has 1 saturated heterocycles. The molecule has 2 aromatic carbocycles. The molecule has 0 spiro atoms. The second kappa shape index (κ2) is 5.14. The number of nitrogens with one attached hydrogen (secondary N) is 1. The lowest BCUT2D eigenvalue weighted by atomic mass is 10.0. The van der Waals surface area contributed by atoms with Gasteiger partial charge in [-0.25, -0.2) is 0 Å². The second-order valence-electron chi connectivity index (χ2n) is 5.79. The van der Waals surface area contributed by atoms with Crippen LogP contribution in [0.5, 0.6) is 0 Å². The predicted octanol–water partition coefficient (Wildman–Crippen LogP) is 3.10. The minimum absolute atomic E-state index is 0.0959. The van der Waals surface area contributed by atoms with Crippen LogP contribution in [0.4, 0.5) is 0 Å². The zero-order valence-corrected chi connectivity index (χ0v) is 12.6. The second-order valence-corrected chi connectivity index (χ2v) is 5.79. The van der Waals surface area contributed by atoms with Crippen molar-refractivity contribution in [2.45, 2.75) is 6.92 Å². The highest BCUT2D eigenvalue weighted by atomic mass is 16.5. The molecule has 4 heteroatoms. The van der Waals surface area contributed by atoms with Gasteiger partial charge < -0.3 is 14.6 Å². The van der Waals surface area contributed by atoms with Gasteiger partial charge in [0.2, 0.25) is 0 Å². The smallest absolute Gasteiger partial charge is 0.254 e. The Morgan fingerprint density at radius 3 is 2.73 bits per heavy atom. The van der Waals surface area contributed by atoms with Crippen LogP contribution >= 0.6 is 0 Å². The van der Waals surface area contributed by atoms with E-state index in [1.54, 1.807) is 0 Å². The zero-order valence-electron chi connectivity index (χ0n) is 12.6. The number of amides is 1. The summed E-state index contributed by atoms with van der Waals surface area (Å²) in [4.78, 5) is 18.0. The largest absolute Gasteiger partial charge is 0.378 e. The van der Waals surface area contributed by atoms with E-state index in [4.69, 9.17) is 4.74 Å². The molecule has 1 aliphatic rings. The van der Waals surface area contributed by atoms with Gasteiger partial charge in [0.1, 0.15) is 0 Å². The number of nitrogens with zero attached hydrogens (tertiary/aromatic N) is 1. The van der Waals surface area contributed by atoms with E-state index < -0.39 is 0 Å². The van der Waals surface area contributed by atoms with Gasteiger partial charge in [0.15, 0.2) is 0 Å². The first-order valence-corrected chi connectivity index (χ1v) is 7.62. The maximum absolute atomic E-state index is 12.7. The van der Waals surface area contributed by atoms with Crippen LogP contribution in [-0.2, 0) is 4.74 Å². The van der Waals surface area contributed by atoms with E-state index in [2.05, 4.69) is 17.1 Å². The summed E-state index contributed by atoms with van der Waals surface area (Å²) in [7, 11) is 0. The van der Waals surface area contributed by atoms with Gasteiger partial charge in [0.25, 0.3) is 5.91 Å². The van der Waals surface area contributed by atoms with Crippen molar-refractivity contribution in [3.05, 3.63) is 47.5 Å². The summed E-state index contributed by atoms with van der Waals surface area (Å²) in [5.74, 6) is 0.0959. The lowest BCUT2D eigenvalue weighted by molar-refractivity contribution is 0.0303. The molecule has 1 fully saturated rings. The molecule has 0 unspecified atom stereocenters. The molecule has 0 atom stereocenters. The Balaban J connectivity index is 1.84. The van der Waals surface area contributed by atoms with Crippen molar-refractivity contribution in [2.75, 3.05) is 26.3 Å². The summed E-state index contributed by atoms with van der Waals surface area (Å²) in [5, 5.41) is 2.28. The molecule has 4 rings (SSSR count). The van der Waals surface area contributed by atoms with Crippen LogP contribution in [-0.4, -0.2) is 42.1 Å². The predicted molar refractivity (Wildman–Crippen MR) is 87.3 cm³/mol. The summed E-state index contributed by atoms with van der Waals surface area (Å²) in [6.07, 6.45) is 0. The number of hydrogen-bond acceptors (Lipinski definition) is 2. The lowest BCUT2D eigenvalue weighted by Crippen LogP contribution is -2.40. The van der Waals surface area contributed by atoms with Gasteiger partial charge in [-0.2, -0.15) is 0 Å². The van der Waals surface area contributed by atoms with E-state index in [0.717, 1.165) is 32.9 Å². The number of aryl methyl sites for hydroxylation is 1. The maximum Gasteiger partial charge on any atom is 0.254 e. The number of para-hydroxylation sites is 1. The molecule has 1 amide bonds. The molecule has 0 radical (unpaired) electrons. The Labute approximate surface area is 128 Å². The molecule has 0 saturated carbocycles. The summed E-state index contributed by atoms with van der Waals surface area (Å²) < 4.78 is 5.33. The number of aromatic amines is 1. The van der Waals surface area contributed by atoms with Gasteiger partial charge in [-0.1, -0.05) is 18.2 Å². The van der Waals surface area contributed by atoms with E-state index in [0.29, 0.717) is 26.3 Å². The normalized spacial score (nSPS) is 15.6. The quantitative estimate of drug-likeness (QED) is 0.749. The minimum atomic E-state index is 0.0959. The van der Waals surface area contributed by atoms with Gasteiger partial charge in [-0.05, 0) is 30.7 Å². The SMILES string of the molecule is Cc1cc(C(=O)N2CCOCC2)cc2c1[nH]c1ccccc12. The van der Waals surface area contributed by atoms with Crippen LogP contribution in [0.15, 0.2) is 36.4 Å². The number of morpholine rings is 1. The van der Waals surface area contributed by atoms with Crippen molar-refractivity contribution in [3.8, 4) is 0 Å². The van der Waals surface area contributed by atoms with Gasteiger partial charge in [0.05, 0.1) is 13.2 Å². The molecule has 2 heterocycles. The van der Waals surface area contributed by atoms with Crippen molar-refractivity contribution in [1.82, 2.24) is 9.88 Å². The summed E-state index contributed by atoms with van der Waals surface area (Å²) in [6.45, 7) is 4.64. The number of fused-ring (bicyclic) bond motifs is 3. The molecule has 4 nitrogen and oxygen atoms in total. The highest BCUT2D eigenvalue weighted by molar-refractivity contribution is 6.11. The Hall–Kier alpha value is -2.33. The van der Waals surface area contributed by atoms with Crippen LogP contribution in [0.2, 0.25) is 0 Å². The van der Waals surface area contributed by atoms with Crippen molar-refractivity contribution in [3.63, 3.8) is 0 Å². The number of benzene rings is 2. The van der Waals surface area contributed by atoms with Gasteiger partial charge in [0, 0.05) is 40.5 Å². The van der Waals surface area contributed by atoms with Crippen molar-refractivity contribution in [1.29, 1.82) is 0 Å². The number of H-pyrrole nitrogens is 1. The third kappa shape index (κ3) is 2.07. The van der Waals surface area contributed by atoms with E-state index in [9.17, 15) is 4.79 Å². The molecule has 1 N–H and O–H groups in total. The number of rotatable bonds is 1. The molecular formula is C18H18N2O2. The standard InChI is InChI=1S/C18H18N2O2/c1-12-10-13(18(21)20-6-8-22-9-7-20)11-15-14-4-2-3-5-16(14)19-17(12)15/h2-5,10-11,19H,6-9H2,1H3. The van der Waals surface area contributed by atoms with Crippen molar-refractivity contribution in [2.24, 2.45) is 0 Å². The van der Waals surface area contributed by atoms with Gasteiger partial charge in [-0.3, -0.25) is 4.79 Å². The van der Waals surface area contributed by atoms with Crippen LogP contribution in [0.1, 0.15) is 15.9 Å². The fourth-order valence-electron chi connectivity index (χ4n) is 3.20. The topological polar surface area (TPSA) is 45.3 Å². The summed E-state index contributed by atoms with van der Waals surface area (Å²) >= 11 is 0. The van der Waals surface area contributed by atoms with Gasteiger partial charge in [-0.15, -0.1) is 0 Å². The van der Waals surface area contributed by atoms with E-state index >= 15 is 0 Å². The summed E-state index contributed by atoms with van der Waals surface area (Å²) in [6, 6.07) is 12.2. The van der Waals surface area contributed by atoms with E-state index in [1.807, 2.05) is 36.1 Å². The number of ether oxygens (including phenoxy) is 1. The average molecular weight is 294 g/mol. The number of carbonyl (C=O) groups excluding carboxylic acids is 1. The fraction of sp³-hybridized carbons (Fsp3) is 0.278. The minimum Gasteiger partial charge on any atom is -0.378 e. The Morgan fingerprint density at radius 1 is 1.14 bits per heavy atom. The maximum atomic E-state index is 12.7. The van der Waals surface area contributed by atoms with E-state index in [1.165, 1.54) is 0 Å². The molecular weight excluding hydrogens is 276 g/mol. The Kier molecular flexibility index (Phi) is 3.12. The third-order valence-corrected chi connectivity index (χ3v) is 4.36. The fourth-order valence-corrected chi connectivity index (χ4v) is 3.20. The number of hydrogen-bond donors (Lipinski definition) is 1. The molecule has 0 bridgehead atoms. The summed E-state index contributed by atoms with van der Waals surface area (Å²) in [5.41, 5.74) is 4.08.